The van der Waals surface area contributed by atoms with Crippen LogP contribution in [-0.4, -0.2) is 279 Å². The van der Waals surface area contributed by atoms with Crippen molar-refractivity contribution in [3.63, 3.8) is 0 Å². The highest BCUT2D eigenvalue weighted by Gasteiger charge is 2.71. The van der Waals surface area contributed by atoms with Crippen LogP contribution in [-0.2, 0) is 95.0 Å². The summed E-state index contributed by atoms with van der Waals surface area (Å²) in [7, 11) is 18.3. The van der Waals surface area contributed by atoms with Crippen LogP contribution in [0.2, 0.25) is 0 Å². The Morgan fingerprint density at radius 3 is 1.29 bits per heavy atom. The minimum Gasteiger partial charge on any atom is -0.462 e. The van der Waals surface area contributed by atoms with E-state index in [1.807, 2.05) is 64.1 Å². The van der Waals surface area contributed by atoms with Gasteiger partial charge in [0.2, 0.25) is 0 Å². The monoisotopic (exact) mass is 1750 g/mol. The first-order valence-electron chi connectivity index (χ1n) is 46.2. The quantitative estimate of drug-likeness (QED) is 0.0732. The third-order valence-corrected chi connectivity index (χ3v) is 31.1. The van der Waals surface area contributed by atoms with Crippen molar-refractivity contribution in [2.75, 3.05) is 70.8 Å². The number of Topliss-reactive ketones (excluding diaryl/α,β-unsaturated/α-hetero) is 2. The molecule has 26 nitrogen and oxygen atoms in total. The zero-order valence-corrected chi connectivity index (χ0v) is 76.6. The predicted molar refractivity (Wildman–Crippen MR) is 464 cm³/mol. The molecule has 4 saturated carbocycles. The maximum Gasteiger partial charge on any atom is 0.306 e. The summed E-state index contributed by atoms with van der Waals surface area (Å²) in [5, 5.41) is 3.42. The Bertz CT molecular complexity index is 3950. The number of fused-ring (bicyclic) bond motifs is 16. The second-order valence-electron chi connectivity index (χ2n) is 38.1. The average molecular weight is 1750 g/mol. The zero-order chi connectivity index (χ0) is 87.7. The van der Waals surface area contributed by atoms with Crippen LogP contribution in [0.1, 0.15) is 199 Å². The Kier molecular flexibility index (Phi) is 33.0. The molecule has 8 heterocycles. The number of likely N-dealkylation sites (N-methyl/N-ethyl adjacent to an activating group) is 2. The van der Waals surface area contributed by atoms with Crippen LogP contribution < -0.4 is 5.32 Å². The fourth-order valence-electron chi connectivity index (χ4n) is 24.7. The van der Waals surface area contributed by atoms with E-state index in [1.165, 1.54) is 0 Å². The molecule has 8 aliphatic heterocycles. The molecule has 14 aliphatic rings. The number of cyclic esters (lactones) is 2. The smallest absolute Gasteiger partial charge is 0.306 e. The molecule has 2 aromatic rings. The molecule has 8 saturated heterocycles. The fourth-order valence-corrected chi connectivity index (χ4v) is 24.8. The van der Waals surface area contributed by atoms with Crippen LogP contribution in [0, 0.1) is 71.0 Å². The molecule has 0 bridgehead atoms. The SMILES string of the molecule is C.CC[C@H]1CCC[C@H](O[C@H]2CC[C@H](N(C)C)C(C)O2)[C@@H](C)C(=O)C2=C[C@H]3[C@@H]4C[C@H](O[C@@H]5OC(C)[C@H](OC)C(OC)[C@@H]5OC)C[C@H]4[C@@H]4[C@H]([C@H]3[C@@H]2CC(=O)O1)N4C(=O)c1ccccc1.CC[C@H]1CCC[C@H](O[C@H]2CC[C@H](N(C)C)C(C)O2)[C@@H](C)C(=O)C2=C[C@H]3[C@@H]4C[C@H](O[C@@H]5OC(C)[C@H](OC)C(OC)[C@@H]5OC)C[C@H]4[C@H]4N[C@H]4[C@H]3[C@@H]2CC(=O)O1.O=C(Cl)c1ccccc1. The van der Waals surface area contributed by atoms with Crippen molar-refractivity contribution < 1.29 is 105 Å². The maximum absolute atomic E-state index is 15.2. The van der Waals surface area contributed by atoms with Crippen LogP contribution >= 0.6 is 11.6 Å². The number of allylic oxidation sites excluding steroid dienone is 4. The van der Waals surface area contributed by atoms with Gasteiger partial charge in [-0.1, -0.05) is 95.8 Å². The van der Waals surface area contributed by atoms with E-state index < -0.39 is 54.3 Å². The number of likely N-dealkylation sites (tertiary alicyclic amines) is 1. The molecule has 2 aromatic carbocycles. The molecular weight excluding hydrogens is 1610 g/mol. The van der Waals surface area contributed by atoms with Gasteiger partial charge in [-0.2, -0.15) is 0 Å². The second-order valence-corrected chi connectivity index (χ2v) is 38.5. The predicted octanol–water partition coefficient (Wildman–Crippen LogP) is 12.8. The summed E-state index contributed by atoms with van der Waals surface area (Å²) in [6.07, 6.45) is 11.4. The molecule has 27 heteroatoms. The lowest BCUT2D eigenvalue weighted by Gasteiger charge is -2.44. The number of ketones is 2. The summed E-state index contributed by atoms with van der Waals surface area (Å²) < 4.78 is 100. The van der Waals surface area contributed by atoms with Crippen LogP contribution in [0.5, 0.6) is 0 Å². The summed E-state index contributed by atoms with van der Waals surface area (Å²) in [6.45, 7) is 16.3. The highest BCUT2D eigenvalue weighted by Crippen LogP contribution is 2.65. The van der Waals surface area contributed by atoms with E-state index in [9.17, 15) is 24.0 Å². The maximum atomic E-state index is 15.2. The third-order valence-electron chi connectivity index (χ3n) is 30.9. The van der Waals surface area contributed by atoms with Crippen LogP contribution in [0.3, 0.4) is 0 Å². The van der Waals surface area contributed by atoms with Crippen molar-refractivity contribution in [3.05, 3.63) is 95.1 Å². The van der Waals surface area contributed by atoms with Gasteiger partial charge in [0.05, 0.1) is 73.8 Å². The lowest BCUT2D eigenvalue weighted by molar-refractivity contribution is -0.314. The van der Waals surface area contributed by atoms with Gasteiger partial charge in [0.15, 0.2) is 36.7 Å². The Morgan fingerprint density at radius 2 is 0.879 bits per heavy atom. The number of amides is 1. The van der Waals surface area contributed by atoms with Gasteiger partial charge in [0, 0.05) is 102 Å². The molecule has 6 unspecified atom stereocenters. The molecule has 12 fully saturated rings. The van der Waals surface area contributed by atoms with E-state index in [-0.39, 0.29) is 201 Å². The molecule has 16 rings (SSSR count). The molecule has 0 radical (unpaired) electrons. The number of benzene rings is 2. The Morgan fingerprint density at radius 1 is 0.468 bits per heavy atom. The third kappa shape index (κ3) is 20.5. The zero-order valence-electron chi connectivity index (χ0n) is 75.8. The topological polar surface area (TPSA) is 282 Å². The standard InChI is InChI=1S/C48H70N2O11.C41H66N2O10.C7H5ClO.CH4/c1-10-29-17-14-18-37(61-39-20-19-36(49(5)6)26(3)57-39)25(2)43(52)35-23-32-31-21-30(60-48-46(56-9)45(55-8)44(54-7)27(4)58-48)22-34(31)41-42(40(32)33(35)24-38(51)59-29)50(41)47(53)28-15-12-11-13-16-28;1-10-23-12-11-13-31(53-33-15-14-30(43(5)6)21(3)49-33)20(2)37(45)29-18-26-25-16-24(52-41-40(48-9)39(47-8)38(46-7)22(4)50-41)17-28(25)35-36(42-35)34(26)27(29)19-32(44)51-23;8-7(9)6-4-2-1-3-5-6;/h11-13,15-16,23,25-27,29-34,36-37,39-42,44-46,48H,10,14,17-22,24H2,1-9H3;18,20-28,30-31,33-36,38-42H,10-17,19H2,1-9H3;1-5H;1H4/t25-,26?,27?,29+,30+,31+,32+,33-,34-,36+,37+,39+,40-,41-,42+,44+,45?,46+,48+,50?;20-,21?,22?,23+,24+,25+,26+,27-,28-,30+,31+,33+,34-,35-,36+,38+,39?,40+,41+;;/m11../s1. The number of hydrogen-bond donors (Lipinski definition) is 1. The summed E-state index contributed by atoms with van der Waals surface area (Å²) in [5.74, 6) is -0.617. The van der Waals surface area contributed by atoms with Crippen molar-refractivity contribution >= 4 is 46.3 Å². The van der Waals surface area contributed by atoms with Crippen LogP contribution in [0.15, 0.2) is 84.0 Å². The van der Waals surface area contributed by atoms with Gasteiger partial charge in [-0.25, -0.2) is 0 Å². The Balaban J connectivity index is 0.000000193. The minimum atomic E-state index is -0.684. The first kappa shape index (κ1) is 96.5. The molecule has 38 atom stereocenters. The van der Waals surface area contributed by atoms with Gasteiger partial charge in [0.1, 0.15) is 48.8 Å². The highest BCUT2D eigenvalue weighted by molar-refractivity contribution is 6.67. The van der Waals surface area contributed by atoms with E-state index in [0.717, 1.165) is 82.6 Å². The molecule has 692 valence electrons. The number of esters is 2. The van der Waals surface area contributed by atoms with Gasteiger partial charge < -0.3 is 95.8 Å². The molecular formula is C97H145ClN4O22. The van der Waals surface area contributed by atoms with E-state index in [1.54, 1.807) is 66.9 Å². The summed E-state index contributed by atoms with van der Waals surface area (Å²) in [5.41, 5.74) is 2.66. The van der Waals surface area contributed by atoms with Gasteiger partial charge >= 0.3 is 11.9 Å². The number of hydrogen-bond acceptors (Lipinski definition) is 25. The first-order valence-corrected chi connectivity index (χ1v) is 46.6. The molecule has 6 aliphatic carbocycles. The molecule has 124 heavy (non-hydrogen) atoms. The number of ether oxygens (including phenoxy) is 16. The number of carbonyl (C=O) groups excluding carboxylic acids is 6. The highest BCUT2D eigenvalue weighted by atomic mass is 35.5. The van der Waals surface area contributed by atoms with Gasteiger partial charge in [0.25, 0.3) is 11.1 Å². The number of halogens is 1. The van der Waals surface area contributed by atoms with Crippen molar-refractivity contribution in [1.29, 1.82) is 0 Å². The minimum absolute atomic E-state index is 0. The van der Waals surface area contributed by atoms with E-state index in [2.05, 4.69) is 88.1 Å². The van der Waals surface area contributed by atoms with E-state index >= 15 is 4.79 Å². The number of rotatable bonds is 20. The number of carbonyl (C=O) groups is 6. The largest absolute Gasteiger partial charge is 0.462 e. The van der Waals surface area contributed by atoms with E-state index in [4.69, 9.17) is 87.4 Å². The Hall–Kier alpha value is -5.05. The number of nitrogens with one attached hydrogen (secondary N) is 1. The lowest BCUT2D eigenvalue weighted by atomic mass is 9.66. The summed E-state index contributed by atoms with van der Waals surface area (Å²) >= 11 is 5.16. The molecule has 0 spiro atoms. The lowest BCUT2D eigenvalue weighted by Crippen LogP contribution is -2.59. The van der Waals surface area contributed by atoms with Crippen LogP contribution in [0.25, 0.3) is 0 Å². The summed E-state index contributed by atoms with van der Waals surface area (Å²) in [6, 6.07) is 19.2. The molecule has 1 N–H and O–H groups in total. The van der Waals surface area contributed by atoms with Crippen molar-refractivity contribution in [3.8, 4) is 0 Å². The van der Waals surface area contributed by atoms with E-state index in [0.29, 0.717) is 72.3 Å². The van der Waals surface area contributed by atoms with Crippen molar-refractivity contribution in [2.45, 2.75) is 337 Å². The first-order chi connectivity index (χ1) is 59.2. The molecule has 1 amide bonds. The average Bonchev–Trinajstić information content (AvgIpc) is 1.51. The van der Waals surface area contributed by atoms with Gasteiger partial charge in [-0.15, -0.1) is 0 Å². The number of methoxy groups -OCH3 is 6. The van der Waals surface area contributed by atoms with Crippen LogP contribution in [0.4, 0.5) is 0 Å². The fraction of sp³-hybridized carbons (Fsp3) is 0.773. The van der Waals surface area contributed by atoms with Gasteiger partial charge in [-0.05, 0) is 241 Å². The Labute approximate surface area is 741 Å². The normalized spacial score (nSPS) is 43.1. The summed E-state index contributed by atoms with van der Waals surface area (Å²) in [4.78, 5) is 88.9. The van der Waals surface area contributed by atoms with Gasteiger partial charge in [-0.3, -0.25) is 28.8 Å². The van der Waals surface area contributed by atoms with Crippen molar-refractivity contribution in [2.24, 2.45) is 71.0 Å². The molecule has 0 aromatic heterocycles. The second kappa shape index (κ2) is 42.4. The van der Waals surface area contributed by atoms with Crippen molar-refractivity contribution in [1.82, 2.24) is 20.0 Å². The number of nitrogens with zero attached hydrogens (tertiary/aromatic N) is 3.